The van der Waals surface area contributed by atoms with Gasteiger partial charge in [0.05, 0.1) is 22.1 Å². The highest BCUT2D eigenvalue weighted by molar-refractivity contribution is 6.16. The lowest BCUT2D eigenvalue weighted by atomic mass is 10.1. The minimum absolute atomic E-state index is 0.541. The summed E-state index contributed by atoms with van der Waals surface area (Å²) < 4.78 is 4.41. The van der Waals surface area contributed by atoms with E-state index in [9.17, 15) is 0 Å². The van der Waals surface area contributed by atoms with Crippen molar-refractivity contribution < 1.29 is 0 Å². The van der Waals surface area contributed by atoms with Gasteiger partial charge in [0.2, 0.25) is 5.95 Å². The Balaban J connectivity index is 1.36. The van der Waals surface area contributed by atoms with E-state index in [0.717, 1.165) is 55.2 Å². The second-order valence-electron chi connectivity index (χ2n) is 11.2. The van der Waals surface area contributed by atoms with E-state index in [1.54, 1.807) is 0 Å². The fourth-order valence-corrected chi connectivity index (χ4v) is 6.32. The standard InChI is InChI=1S/C40H26N6/c1-4-12-27(13-5-1)31-18-10-19-32(26-31)45-25-23-28-21-22-33-35-34(20-11-24-41-35)46(37(33)36(28)45)40-43-38(29-14-6-2-7-15-29)42-39(44-40)30-16-8-3-9-17-30/h1-26H. The van der Waals surface area contributed by atoms with Crippen molar-refractivity contribution in [2.75, 3.05) is 0 Å². The van der Waals surface area contributed by atoms with Crippen LogP contribution in [0.2, 0.25) is 0 Å². The van der Waals surface area contributed by atoms with Crippen LogP contribution in [0.1, 0.15) is 0 Å². The van der Waals surface area contributed by atoms with E-state index in [4.69, 9.17) is 19.9 Å². The molecule has 4 heterocycles. The lowest BCUT2D eigenvalue weighted by Crippen LogP contribution is -2.07. The first-order chi connectivity index (χ1) is 22.8. The average molecular weight is 591 g/mol. The van der Waals surface area contributed by atoms with Crippen LogP contribution in [0.4, 0.5) is 0 Å². The van der Waals surface area contributed by atoms with Crippen LogP contribution in [0.15, 0.2) is 158 Å². The second-order valence-corrected chi connectivity index (χ2v) is 11.2. The van der Waals surface area contributed by atoms with Crippen molar-refractivity contribution >= 4 is 32.8 Å². The number of rotatable bonds is 5. The number of fused-ring (bicyclic) bond motifs is 5. The Morgan fingerprint density at radius 1 is 0.478 bits per heavy atom. The molecule has 0 fully saturated rings. The fraction of sp³-hybridized carbons (Fsp3) is 0. The largest absolute Gasteiger partial charge is 0.315 e. The zero-order valence-electron chi connectivity index (χ0n) is 24.7. The lowest BCUT2D eigenvalue weighted by Gasteiger charge is -2.13. The van der Waals surface area contributed by atoms with Crippen LogP contribution in [0, 0.1) is 0 Å². The molecule has 0 aliphatic rings. The first kappa shape index (κ1) is 26.0. The van der Waals surface area contributed by atoms with E-state index in [1.807, 2.05) is 79.0 Å². The highest BCUT2D eigenvalue weighted by Gasteiger charge is 2.22. The third kappa shape index (κ3) is 4.27. The van der Waals surface area contributed by atoms with E-state index in [0.29, 0.717) is 17.6 Å². The number of benzene rings is 5. The summed E-state index contributed by atoms with van der Waals surface area (Å²) in [4.78, 5) is 20.1. The summed E-state index contributed by atoms with van der Waals surface area (Å²) in [6.07, 6.45) is 3.98. The third-order valence-corrected chi connectivity index (χ3v) is 8.45. The van der Waals surface area contributed by atoms with Crippen LogP contribution in [-0.4, -0.2) is 29.1 Å². The Bertz CT molecular complexity index is 2460. The average Bonchev–Trinajstić information content (AvgIpc) is 3.72. The first-order valence-electron chi connectivity index (χ1n) is 15.2. The molecule has 0 spiro atoms. The Labute approximate surface area is 264 Å². The Kier molecular flexibility index (Phi) is 6.03. The number of hydrogen-bond acceptors (Lipinski definition) is 4. The molecule has 0 saturated heterocycles. The number of nitrogens with zero attached hydrogens (tertiary/aromatic N) is 6. The molecule has 0 radical (unpaired) electrons. The Hall–Kier alpha value is -6.40. The van der Waals surface area contributed by atoms with E-state index in [1.165, 1.54) is 5.56 Å². The van der Waals surface area contributed by atoms with Crippen LogP contribution in [0.5, 0.6) is 0 Å². The zero-order chi connectivity index (χ0) is 30.5. The van der Waals surface area contributed by atoms with Gasteiger partial charge in [0, 0.05) is 40.0 Å². The SMILES string of the molecule is c1ccc(-c2cccc(-n3ccc4ccc5c6ncccc6n(-c6nc(-c7ccccc7)nc(-c7ccccc7)n6)c5c43)c2)cc1. The highest BCUT2D eigenvalue weighted by Crippen LogP contribution is 2.37. The van der Waals surface area contributed by atoms with Crippen molar-refractivity contribution in [3.05, 3.63) is 158 Å². The molecule has 0 bridgehead atoms. The van der Waals surface area contributed by atoms with Gasteiger partial charge in [0.25, 0.3) is 0 Å². The molecular weight excluding hydrogens is 564 g/mol. The predicted octanol–water partition coefficient (Wildman–Crippen LogP) is 9.31. The van der Waals surface area contributed by atoms with Crippen molar-refractivity contribution in [1.82, 2.24) is 29.1 Å². The summed E-state index contributed by atoms with van der Waals surface area (Å²) in [5, 5.41) is 2.15. The fourth-order valence-electron chi connectivity index (χ4n) is 6.32. The second kappa shape index (κ2) is 10.6. The normalized spacial score (nSPS) is 11.5. The van der Waals surface area contributed by atoms with E-state index in [-0.39, 0.29) is 0 Å². The summed E-state index contributed by atoms with van der Waals surface area (Å²) in [6, 6.07) is 49.8. The summed E-state index contributed by atoms with van der Waals surface area (Å²) in [5.41, 5.74) is 9.13. The summed E-state index contributed by atoms with van der Waals surface area (Å²) >= 11 is 0. The van der Waals surface area contributed by atoms with Gasteiger partial charge in [0.15, 0.2) is 11.6 Å². The summed E-state index contributed by atoms with van der Waals surface area (Å²) in [5.74, 6) is 1.77. The molecular formula is C40H26N6. The molecule has 9 rings (SSSR count). The number of pyridine rings is 1. The smallest absolute Gasteiger partial charge is 0.238 e. The summed E-state index contributed by atoms with van der Waals surface area (Å²) in [6.45, 7) is 0. The summed E-state index contributed by atoms with van der Waals surface area (Å²) in [7, 11) is 0. The maximum absolute atomic E-state index is 5.12. The van der Waals surface area contributed by atoms with Gasteiger partial charge in [-0.3, -0.25) is 9.55 Å². The van der Waals surface area contributed by atoms with Gasteiger partial charge in [-0.1, -0.05) is 109 Å². The molecule has 0 amide bonds. The van der Waals surface area contributed by atoms with Gasteiger partial charge >= 0.3 is 0 Å². The molecule has 9 aromatic rings. The van der Waals surface area contributed by atoms with Crippen molar-refractivity contribution in [3.8, 4) is 45.5 Å². The number of aromatic nitrogens is 6. The molecule has 0 saturated carbocycles. The molecule has 6 nitrogen and oxygen atoms in total. The van der Waals surface area contributed by atoms with Crippen LogP contribution in [-0.2, 0) is 0 Å². The van der Waals surface area contributed by atoms with Crippen molar-refractivity contribution in [3.63, 3.8) is 0 Å². The molecule has 0 atom stereocenters. The predicted molar refractivity (Wildman–Crippen MR) is 185 cm³/mol. The Morgan fingerprint density at radius 3 is 1.83 bits per heavy atom. The molecule has 46 heavy (non-hydrogen) atoms. The molecule has 5 aromatic carbocycles. The molecule has 0 N–H and O–H groups in total. The van der Waals surface area contributed by atoms with Gasteiger partial charge in [0.1, 0.15) is 0 Å². The molecule has 4 aromatic heterocycles. The van der Waals surface area contributed by atoms with Crippen LogP contribution in [0.25, 0.3) is 78.4 Å². The third-order valence-electron chi connectivity index (χ3n) is 8.45. The van der Waals surface area contributed by atoms with Crippen LogP contribution in [0.3, 0.4) is 0 Å². The lowest BCUT2D eigenvalue weighted by molar-refractivity contribution is 0.952. The number of hydrogen-bond donors (Lipinski definition) is 0. The highest BCUT2D eigenvalue weighted by atomic mass is 15.2. The van der Waals surface area contributed by atoms with E-state index >= 15 is 0 Å². The van der Waals surface area contributed by atoms with Crippen LogP contribution < -0.4 is 0 Å². The molecule has 0 aliphatic carbocycles. The monoisotopic (exact) mass is 590 g/mol. The van der Waals surface area contributed by atoms with E-state index < -0.39 is 0 Å². The maximum atomic E-state index is 5.12. The van der Waals surface area contributed by atoms with Crippen molar-refractivity contribution in [1.29, 1.82) is 0 Å². The van der Waals surface area contributed by atoms with Gasteiger partial charge in [-0.05, 0) is 47.5 Å². The minimum Gasteiger partial charge on any atom is -0.315 e. The topological polar surface area (TPSA) is 61.4 Å². The van der Waals surface area contributed by atoms with Gasteiger partial charge < -0.3 is 4.57 Å². The minimum atomic E-state index is 0.541. The molecule has 0 aliphatic heterocycles. The molecule has 216 valence electrons. The van der Waals surface area contributed by atoms with Crippen molar-refractivity contribution in [2.45, 2.75) is 0 Å². The molecule has 0 unspecified atom stereocenters. The molecule has 6 heteroatoms. The first-order valence-corrected chi connectivity index (χ1v) is 15.2. The van der Waals surface area contributed by atoms with Gasteiger partial charge in [-0.15, -0.1) is 0 Å². The Morgan fingerprint density at radius 2 is 1.13 bits per heavy atom. The van der Waals surface area contributed by atoms with Gasteiger partial charge in [-0.2, -0.15) is 9.97 Å². The van der Waals surface area contributed by atoms with Gasteiger partial charge in [-0.25, -0.2) is 4.98 Å². The van der Waals surface area contributed by atoms with Crippen LogP contribution >= 0.6 is 0 Å². The quantitative estimate of drug-likeness (QED) is 0.200. The zero-order valence-corrected chi connectivity index (χ0v) is 24.7. The van der Waals surface area contributed by atoms with Crippen molar-refractivity contribution in [2.24, 2.45) is 0 Å². The maximum Gasteiger partial charge on any atom is 0.238 e. The van der Waals surface area contributed by atoms with E-state index in [2.05, 4.69) is 88.1 Å².